The highest BCUT2D eigenvalue weighted by atomic mass is 19.1. The van der Waals surface area contributed by atoms with E-state index in [4.69, 9.17) is 0 Å². The van der Waals surface area contributed by atoms with Crippen LogP contribution in [0.4, 0.5) is 8.78 Å². The van der Waals surface area contributed by atoms with Gasteiger partial charge < -0.3 is 9.67 Å². The molecule has 1 aromatic heterocycles. The van der Waals surface area contributed by atoms with Crippen molar-refractivity contribution in [3.8, 4) is 17.6 Å². The van der Waals surface area contributed by atoms with Crippen LogP contribution in [-0.4, -0.2) is 21.9 Å². The van der Waals surface area contributed by atoms with Gasteiger partial charge in [-0.15, -0.1) is 5.10 Å². The standard InChI is InChI=1S/C21H14F2N4O2/c22-18-7-14(8-19(23)21(18)29)11-27-12-16-6-13(4-5-15(16)9-20(27)28)2-1-3-17-10-24-26-25-17/h4-10,12,17,29H,3,11H2. The Balaban J connectivity index is 1.62. The van der Waals surface area contributed by atoms with Crippen molar-refractivity contribution < 1.29 is 13.9 Å². The number of phenolic OH excluding ortho intramolecular Hbond substituents is 1. The number of aromatic nitrogens is 1. The average molecular weight is 392 g/mol. The second-order valence-corrected chi connectivity index (χ2v) is 6.53. The fourth-order valence-corrected chi connectivity index (χ4v) is 2.96. The van der Waals surface area contributed by atoms with Crippen molar-refractivity contribution in [3.63, 3.8) is 0 Å². The van der Waals surface area contributed by atoms with E-state index in [1.807, 2.05) is 12.1 Å². The van der Waals surface area contributed by atoms with E-state index < -0.39 is 17.4 Å². The van der Waals surface area contributed by atoms with E-state index in [1.165, 1.54) is 10.6 Å². The molecule has 144 valence electrons. The van der Waals surface area contributed by atoms with Crippen LogP contribution in [-0.2, 0) is 6.54 Å². The third-order valence-electron chi connectivity index (χ3n) is 4.41. The van der Waals surface area contributed by atoms with Crippen molar-refractivity contribution in [3.05, 3.63) is 75.7 Å². The van der Waals surface area contributed by atoms with E-state index in [9.17, 15) is 18.7 Å². The largest absolute Gasteiger partial charge is 0.503 e. The van der Waals surface area contributed by atoms with Crippen LogP contribution in [0.2, 0.25) is 0 Å². The summed E-state index contributed by atoms with van der Waals surface area (Å²) in [6.45, 7) is -0.0369. The molecule has 0 bridgehead atoms. The second kappa shape index (κ2) is 7.64. The fraction of sp³-hybridized carbons (Fsp3) is 0.143. The number of hydrogen-bond acceptors (Lipinski definition) is 5. The van der Waals surface area contributed by atoms with Gasteiger partial charge in [-0.2, -0.15) is 5.11 Å². The Hall–Kier alpha value is -3.86. The Morgan fingerprint density at radius 2 is 1.90 bits per heavy atom. The van der Waals surface area contributed by atoms with E-state index in [-0.39, 0.29) is 23.7 Å². The Morgan fingerprint density at radius 1 is 1.10 bits per heavy atom. The summed E-state index contributed by atoms with van der Waals surface area (Å²) in [5.41, 5.74) is 0.676. The van der Waals surface area contributed by atoms with E-state index in [1.54, 1.807) is 18.5 Å². The zero-order valence-corrected chi connectivity index (χ0v) is 15.0. The number of hydrogen-bond donors (Lipinski definition) is 1. The number of benzene rings is 2. The summed E-state index contributed by atoms with van der Waals surface area (Å²) >= 11 is 0. The highest BCUT2D eigenvalue weighted by Crippen LogP contribution is 2.22. The van der Waals surface area contributed by atoms with Crippen molar-refractivity contribution >= 4 is 17.0 Å². The molecule has 0 aliphatic carbocycles. The first-order chi connectivity index (χ1) is 14.0. The Bertz CT molecular complexity index is 1250. The molecule has 0 radical (unpaired) electrons. The molecule has 1 atom stereocenters. The molecule has 6 nitrogen and oxygen atoms in total. The van der Waals surface area contributed by atoms with Crippen LogP contribution in [0.15, 0.2) is 62.8 Å². The minimum atomic E-state index is -1.07. The summed E-state index contributed by atoms with van der Waals surface area (Å²) in [7, 11) is 0. The smallest absolute Gasteiger partial charge is 0.251 e. The predicted molar refractivity (Wildman–Crippen MR) is 104 cm³/mol. The van der Waals surface area contributed by atoms with Crippen LogP contribution < -0.4 is 5.56 Å². The quantitative estimate of drug-likeness (QED) is 0.692. The highest BCUT2D eigenvalue weighted by Gasteiger charge is 2.11. The number of pyridine rings is 1. The lowest BCUT2D eigenvalue weighted by Crippen LogP contribution is -2.19. The number of phenols is 1. The lowest BCUT2D eigenvalue weighted by atomic mass is 10.1. The molecule has 1 aliphatic heterocycles. The van der Waals surface area contributed by atoms with E-state index in [0.717, 1.165) is 28.5 Å². The van der Waals surface area contributed by atoms with Gasteiger partial charge in [0.2, 0.25) is 0 Å². The molecular formula is C21H14F2N4O2. The van der Waals surface area contributed by atoms with Gasteiger partial charge in [0.15, 0.2) is 17.4 Å². The Labute approximate surface area is 163 Å². The molecule has 0 fully saturated rings. The first-order valence-electron chi connectivity index (χ1n) is 8.73. The van der Waals surface area contributed by atoms with Crippen LogP contribution in [0.25, 0.3) is 10.8 Å². The van der Waals surface area contributed by atoms with Gasteiger partial charge in [0.1, 0.15) is 6.04 Å². The van der Waals surface area contributed by atoms with E-state index >= 15 is 0 Å². The molecule has 1 N–H and O–H groups in total. The van der Waals surface area contributed by atoms with Crippen molar-refractivity contribution in [2.24, 2.45) is 15.4 Å². The van der Waals surface area contributed by atoms with Gasteiger partial charge in [0.25, 0.3) is 5.56 Å². The van der Waals surface area contributed by atoms with Gasteiger partial charge in [-0.3, -0.25) is 4.79 Å². The zero-order valence-electron chi connectivity index (χ0n) is 15.0. The summed E-state index contributed by atoms with van der Waals surface area (Å²) in [5, 5.41) is 21.8. The van der Waals surface area contributed by atoms with Gasteiger partial charge in [0, 0.05) is 24.2 Å². The Morgan fingerprint density at radius 3 is 2.62 bits per heavy atom. The monoisotopic (exact) mass is 392 g/mol. The topological polar surface area (TPSA) is 79.3 Å². The molecule has 3 aromatic rings. The number of fused-ring (bicyclic) bond motifs is 1. The number of halogens is 2. The molecule has 29 heavy (non-hydrogen) atoms. The number of nitrogens with zero attached hydrogens (tertiary/aromatic N) is 4. The Kier molecular flexibility index (Phi) is 4.87. The van der Waals surface area contributed by atoms with Crippen molar-refractivity contribution in [1.29, 1.82) is 0 Å². The average Bonchev–Trinajstić information content (AvgIpc) is 3.20. The van der Waals surface area contributed by atoms with Gasteiger partial charge in [-0.05, 0) is 45.8 Å². The predicted octanol–water partition coefficient (Wildman–Crippen LogP) is 3.60. The van der Waals surface area contributed by atoms with E-state index in [0.29, 0.717) is 6.42 Å². The molecule has 4 rings (SSSR count). The maximum absolute atomic E-state index is 13.6. The lowest BCUT2D eigenvalue weighted by molar-refractivity contribution is 0.395. The molecule has 1 unspecified atom stereocenters. The number of rotatable bonds is 3. The molecule has 8 heteroatoms. The molecule has 0 saturated heterocycles. The molecular weight excluding hydrogens is 378 g/mol. The normalized spacial score (nSPS) is 14.9. The first-order valence-corrected chi connectivity index (χ1v) is 8.73. The van der Waals surface area contributed by atoms with Gasteiger partial charge in [-0.25, -0.2) is 8.78 Å². The maximum atomic E-state index is 13.6. The summed E-state index contributed by atoms with van der Waals surface area (Å²) in [6.07, 6.45) is 3.74. The SMILES string of the molecule is O=c1cc2ccc(C#CCC3C=NN=N3)cc2cn1Cc1cc(F)c(O)c(F)c1. The molecule has 0 spiro atoms. The van der Waals surface area contributed by atoms with Gasteiger partial charge in [0.05, 0.1) is 12.8 Å². The highest BCUT2D eigenvalue weighted by molar-refractivity contribution is 5.83. The summed E-state index contributed by atoms with van der Waals surface area (Å²) in [6, 6.07) is 8.77. The van der Waals surface area contributed by atoms with E-state index in [2.05, 4.69) is 27.3 Å². The van der Waals surface area contributed by atoms with Crippen LogP contribution in [0.5, 0.6) is 5.75 Å². The first kappa shape index (κ1) is 18.5. The summed E-state index contributed by atoms with van der Waals surface area (Å²) in [5.74, 6) is 2.89. The molecule has 0 amide bonds. The number of aromatic hydroxyl groups is 1. The van der Waals surface area contributed by atoms with Crippen LogP contribution in [0.1, 0.15) is 17.5 Å². The fourth-order valence-electron chi connectivity index (χ4n) is 2.96. The minimum absolute atomic E-state index is 0.0369. The minimum Gasteiger partial charge on any atom is -0.503 e. The van der Waals surface area contributed by atoms with Crippen molar-refractivity contribution in [2.75, 3.05) is 0 Å². The van der Waals surface area contributed by atoms with Crippen molar-refractivity contribution in [2.45, 2.75) is 19.0 Å². The van der Waals surface area contributed by atoms with Crippen LogP contribution in [0.3, 0.4) is 0 Å². The lowest BCUT2D eigenvalue weighted by Gasteiger charge is -2.09. The molecule has 1 aliphatic rings. The third-order valence-corrected chi connectivity index (χ3v) is 4.41. The molecule has 2 heterocycles. The summed E-state index contributed by atoms with van der Waals surface area (Å²) in [4.78, 5) is 12.3. The third kappa shape index (κ3) is 4.04. The van der Waals surface area contributed by atoms with Crippen molar-refractivity contribution in [1.82, 2.24) is 4.57 Å². The zero-order chi connectivity index (χ0) is 20.4. The second-order valence-electron chi connectivity index (χ2n) is 6.53. The summed E-state index contributed by atoms with van der Waals surface area (Å²) < 4.78 is 28.5. The van der Waals surface area contributed by atoms with Crippen LogP contribution >= 0.6 is 0 Å². The maximum Gasteiger partial charge on any atom is 0.251 e. The van der Waals surface area contributed by atoms with Crippen LogP contribution in [0, 0.1) is 23.5 Å². The van der Waals surface area contributed by atoms with Gasteiger partial charge in [-0.1, -0.05) is 17.9 Å². The van der Waals surface area contributed by atoms with Gasteiger partial charge >= 0.3 is 0 Å². The molecule has 0 saturated carbocycles. The molecule has 2 aromatic carbocycles.